The van der Waals surface area contributed by atoms with Crippen molar-refractivity contribution in [2.24, 2.45) is 5.92 Å². The van der Waals surface area contributed by atoms with Crippen molar-refractivity contribution in [1.29, 1.82) is 5.26 Å². The zero-order chi connectivity index (χ0) is 17.1. The number of rotatable bonds is 5. The lowest BCUT2D eigenvalue weighted by Gasteiger charge is -2.32. The summed E-state index contributed by atoms with van der Waals surface area (Å²) in [5.74, 6) is -0.611. The number of aromatic nitrogens is 2. The third-order valence-electron chi connectivity index (χ3n) is 4.31. The normalized spacial score (nSPS) is 14.0. The number of nitrogens with one attached hydrogen (secondary N) is 1. The molecular formula is C17H17FN4O2. The fourth-order valence-electron chi connectivity index (χ4n) is 2.74. The minimum absolute atomic E-state index is 0.0996. The van der Waals surface area contributed by atoms with E-state index in [0.717, 1.165) is 25.3 Å². The van der Waals surface area contributed by atoms with Crippen molar-refractivity contribution < 1.29 is 14.3 Å². The van der Waals surface area contributed by atoms with Crippen LogP contribution in [0.3, 0.4) is 0 Å². The van der Waals surface area contributed by atoms with Gasteiger partial charge in [-0.25, -0.2) is 4.39 Å². The van der Waals surface area contributed by atoms with Gasteiger partial charge >= 0.3 is 0 Å². The molecule has 0 bridgehead atoms. The molecule has 6 nitrogen and oxygen atoms in total. The van der Waals surface area contributed by atoms with Crippen molar-refractivity contribution in [3.63, 3.8) is 0 Å². The summed E-state index contributed by atoms with van der Waals surface area (Å²) < 4.78 is 14.0. The predicted octanol–water partition coefficient (Wildman–Crippen LogP) is 2.57. The van der Waals surface area contributed by atoms with Gasteiger partial charge in [-0.05, 0) is 24.8 Å². The van der Waals surface area contributed by atoms with E-state index < -0.39 is 5.82 Å². The lowest BCUT2D eigenvalue weighted by Crippen LogP contribution is -2.37. The Bertz CT molecular complexity index is 792. The van der Waals surface area contributed by atoms with Crippen molar-refractivity contribution in [1.82, 2.24) is 15.1 Å². The molecule has 1 heterocycles. The van der Waals surface area contributed by atoms with Crippen molar-refractivity contribution in [2.45, 2.75) is 25.8 Å². The molecule has 1 aromatic carbocycles. The van der Waals surface area contributed by atoms with Gasteiger partial charge in [0.15, 0.2) is 5.69 Å². The molecule has 0 atom stereocenters. The molecule has 124 valence electrons. The maximum Gasteiger partial charge on any atom is 0.272 e. The second-order valence-electron chi connectivity index (χ2n) is 6.04. The molecule has 1 aromatic heterocycles. The lowest BCUT2D eigenvalue weighted by atomic mass is 9.85. The summed E-state index contributed by atoms with van der Waals surface area (Å²) in [4.78, 5) is 14.3. The predicted molar refractivity (Wildman–Crippen MR) is 83.4 cm³/mol. The molecule has 7 heteroatoms. The second-order valence-corrected chi connectivity index (χ2v) is 6.04. The number of aromatic amines is 1. The average molecular weight is 328 g/mol. The highest BCUT2D eigenvalue weighted by Crippen LogP contribution is 2.28. The maximum atomic E-state index is 14.0. The van der Waals surface area contributed by atoms with Crippen LogP contribution in [0.2, 0.25) is 0 Å². The Kier molecular flexibility index (Phi) is 4.47. The first-order valence-corrected chi connectivity index (χ1v) is 7.79. The van der Waals surface area contributed by atoms with Crippen molar-refractivity contribution >= 4 is 5.91 Å². The molecule has 0 spiro atoms. The number of carbonyl (C=O) groups is 1. The van der Waals surface area contributed by atoms with Gasteiger partial charge in [-0.2, -0.15) is 10.4 Å². The van der Waals surface area contributed by atoms with Gasteiger partial charge in [0, 0.05) is 30.8 Å². The second kappa shape index (κ2) is 6.71. The van der Waals surface area contributed by atoms with Crippen LogP contribution in [0.1, 0.15) is 41.0 Å². The lowest BCUT2D eigenvalue weighted by molar-refractivity contribution is 0.0671. The molecule has 1 aliphatic rings. The highest BCUT2D eigenvalue weighted by atomic mass is 19.1. The monoisotopic (exact) mass is 328 g/mol. The number of nitrogens with zero attached hydrogens (tertiary/aromatic N) is 3. The van der Waals surface area contributed by atoms with Gasteiger partial charge in [0.25, 0.3) is 5.91 Å². The van der Waals surface area contributed by atoms with Crippen molar-refractivity contribution in [2.75, 3.05) is 6.54 Å². The first-order chi connectivity index (χ1) is 11.6. The molecule has 2 N–H and O–H groups in total. The van der Waals surface area contributed by atoms with Gasteiger partial charge < -0.3 is 10.0 Å². The number of phenolic OH excluding ortho intramolecular Hbond substituents is 1. The van der Waals surface area contributed by atoms with Crippen LogP contribution in [0.5, 0.6) is 5.75 Å². The summed E-state index contributed by atoms with van der Waals surface area (Å²) in [6.07, 6.45) is 3.24. The van der Waals surface area contributed by atoms with Crippen LogP contribution in [0, 0.1) is 23.1 Å². The summed E-state index contributed by atoms with van der Waals surface area (Å²) in [5.41, 5.74) is 0.684. The third kappa shape index (κ3) is 3.38. The molecule has 1 fully saturated rings. The van der Waals surface area contributed by atoms with Gasteiger partial charge in [0.1, 0.15) is 23.3 Å². The Morgan fingerprint density at radius 3 is 2.83 bits per heavy atom. The average Bonchev–Trinajstić information content (AvgIpc) is 3.00. The van der Waals surface area contributed by atoms with Gasteiger partial charge in [-0.3, -0.25) is 9.89 Å². The minimum atomic E-state index is -0.552. The van der Waals surface area contributed by atoms with Crippen LogP contribution in [0.25, 0.3) is 0 Å². The molecule has 0 unspecified atom stereocenters. The molecule has 1 aliphatic carbocycles. The summed E-state index contributed by atoms with van der Waals surface area (Å²) >= 11 is 0. The number of hydrogen-bond donors (Lipinski definition) is 2. The molecule has 1 amide bonds. The van der Waals surface area contributed by atoms with E-state index in [9.17, 15) is 14.3 Å². The summed E-state index contributed by atoms with van der Waals surface area (Å²) in [6, 6.07) is 7.16. The number of halogens is 1. The van der Waals surface area contributed by atoms with E-state index in [1.807, 2.05) is 6.07 Å². The van der Waals surface area contributed by atoms with E-state index in [1.54, 1.807) is 4.90 Å². The highest BCUT2D eigenvalue weighted by Gasteiger charge is 2.26. The number of amides is 1. The fourth-order valence-corrected chi connectivity index (χ4v) is 2.74. The van der Waals surface area contributed by atoms with Crippen molar-refractivity contribution in [3.8, 4) is 11.8 Å². The number of hydrogen-bond acceptors (Lipinski definition) is 4. The van der Waals surface area contributed by atoms with Crippen LogP contribution in [0.4, 0.5) is 4.39 Å². The van der Waals surface area contributed by atoms with E-state index in [1.165, 1.54) is 18.2 Å². The first-order valence-electron chi connectivity index (χ1n) is 7.79. The minimum Gasteiger partial charge on any atom is -0.508 e. The van der Waals surface area contributed by atoms with Gasteiger partial charge in [-0.1, -0.05) is 12.5 Å². The van der Waals surface area contributed by atoms with E-state index in [-0.39, 0.29) is 29.6 Å². The smallest absolute Gasteiger partial charge is 0.272 e. The van der Waals surface area contributed by atoms with E-state index in [2.05, 4.69) is 10.2 Å². The number of H-pyrrole nitrogens is 1. The van der Waals surface area contributed by atoms with Crippen LogP contribution in [-0.4, -0.2) is 32.7 Å². The number of carbonyl (C=O) groups excluding carboxylic acids is 1. The van der Waals surface area contributed by atoms with E-state index >= 15 is 0 Å². The number of benzene rings is 1. The summed E-state index contributed by atoms with van der Waals surface area (Å²) in [6.45, 7) is 0.627. The Morgan fingerprint density at radius 1 is 1.46 bits per heavy atom. The Hall–Kier alpha value is -2.88. The fraction of sp³-hybridized carbons (Fsp3) is 0.353. The van der Waals surface area contributed by atoms with Crippen LogP contribution in [-0.2, 0) is 6.54 Å². The summed E-state index contributed by atoms with van der Waals surface area (Å²) in [7, 11) is 0. The quantitative estimate of drug-likeness (QED) is 0.882. The maximum absolute atomic E-state index is 14.0. The van der Waals surface area contributed by atoms with Crippen molar-refractivity contribution in [3.05, 3.63) is 47.0 Å². The third-order valence-corrected chi connectivity index (χ3v) is 4.31. The van der Waals surface area contributed by atoms with Gasteiger partial charge in [0.05, 0.1) is 0 Å². The molecule has 0 saturated heterocycles. The molecule has 0 radical (unpaired) electrons. The molecule has 0 aliphatic heterocycles. The largest absolute Gasteiger partial charge is 0.508 e. The van der Waals surface area contributed by atoms with Crippen LogP contribution < -0.4 is 0 Å². The van der Waals surface area contributed by atoms with E-state index in [4.69, 9.17) is 5.26 Å². The molecular weight excluding hydrogens is 311 g/mol. The van der Waals surface area contributed by atoms with Gasteiger partial charge in [-0.15, -0.1) is 0 Å². The molecule has 2 aromatic rings. The van der Waals surface area contributed by atoms with Crippen LogP contribution in [0.15, 0.2) is 24.3 Å². The summed E-state index contributed by atoms with van der Waals surface area (Å²) in [5, 5.41) is 24.5. The molecule has 1 saturated carbocycles. The Labute approximate surface area is 138 Å². The standard InChI is InChI=1S/C17H17FN4O2/c18-15-7-14(23)5-4-12(15)10-22(9-11-2-1-3-11)17(24)16-6-13(8-19)20-21-16/h4-7,11,23H,1-3,9-10H2,(H,20,21). The van der Waals surface area contributed by atoms with Crippen LogP contribution >= 0.6 is 0 Å². The first kappa shape index (κ1) is 16.0. The molecule has 24 heavy (non-hydrogen) atoms. The highest BCUT2D eigenvalue weighted by molar-refractivity contribution is 5.92. The topological polar surface area (TPSA) is 93.0 Å². The zero-order valence-corrected chi connectivity index (χ0v) is 13.0. The molecule has 3 rings (SSSR count). The van der Waals surface area contributed by atoms with Gasteiger partial charge in [0.2, 0.25) is 0 Å². The number of phenols is 1. The number of nitriles is 1. The zero-order valence-electron chi connectivity index (χ0n) is 13.0. The Morgan fingerprint density at radius 2 is 2.25 bits per heavy atom. The van der Waals surface area contributed by atoms with E-state index in [0.29, 0.717) is 18.0 Å². The Balaban J connectivity index is 1.82. The number of aromatic hydroxyl groups is 1. The SMILES string of the molecule is N#Cc1cc(C(=O)N(Cc2ccc(O)cc2F)CC2CCC2)[nH]n1.